The summed E-state index contributed by atoms with van der Waals surface area (Å²) in [5.74, 6) is 0.838. The zero-order valence-electron chi connectivity index (χ0n) is 17.4. The molecule has 1 aliphatic rings. The Bertz CT molecular complexity index is 897. The number of hydrogen-bond donors (Lipinski definition) is 0. The van der Waals surface area contributed by atoms with Gasteiger partial charge in [0.05, 0.1) is 11.0 Å². The topological polar surface area (TPSA) is 64.1 Å². The molecule has 0 unspecified atom stereocenters. The van der Waals surface area contributed by atoms with Crippen molar-refractivity contribution in [1.29, 1.82) is 0 Å². The molecule has 1 heterocycles. The summed E-state index contributed by atoms with van der Waals surface area (Å²) in [6.07, 6.45) is 8.24. The summed E-state index contributed by atoms with van der Waals surface area (Å²) in [5.41, 5.74) is 3.50. The van der Waals surface area contributed by atoms with Crippen molar-refractivity contribution in [2.75, 3.05) is 5.75 Å². The normalized spacial score (nSPS) is 20.0. The van der Waals surface area contributed by atoms with E-state index in [2.05, 4.69) is 29.2 Å². The summed E-state index contributed by atoms with van der Waals surface area (Å²) in [6, 6.07) is 12.3. The Morgan fingerprint density at radius 2 is 1.48 bits per heavy atom. The van der Waals surface area contributed by atoms with Crippen LogP contribution in [0.2, 0.25) is 0 Å². The molecule has 0 bridgehead atoms. The third-order valence-electron chi connectivity index (χ3n) is 6.05. The van der Waals surface area contributed by atoms with E-state index in [1.165, 1.54) is 11.1 Å². The Morgan fingerprint density at radius 3 is 2.07 bits per heavy atom. The van der Waals surface area contributed by atoms with E-state index < -0.39 is 9.84 Å². The highest BCUT2D eigenvalue weighted by Gasteiger charge is 2.29. The van der Waals surface area contributed by atoms with Crippen molar-refractivity contribution >= 4 is 15.6 Å². The van der Waals surface area contributed by atoms with Crippen LogP contribution in [0.25, 0.3) is 0 Å². The molecule has 156 valence electrons. The van der Waals surface area contributed by atoms with E-state index in [1.807, 2.05) is 12.1 Å². The van der Waals surface area contributed by atoms with Crippen LogP contribution in [0.5, 0.6) is 0 Å². The summed E-state index contributed by atoms with van der Waals surface area (Å²) >= 11 is 0. The molecule has 1 saturated carbocycles. The van der Waals surface area contributed by atoms with Crippen LogP contribution in [-0.2, 0) is 27.5 Å². The van der Waals surface area contributed by atoms with E-state index in [9.17, 15) is 13.2 Å². The monoisotopic (exact) mass is 413 g/mol. The van der Waals surface area contributed by atoms with Crippen molar-refractivity contribution in [1.82, 2.24) is 4.98 Å². The van der Waals surface area contributed by atoms with Crippen LogP contribution in [0.1, 0.15) is 56.2 Å². The number of carbonyl (C=O) groups excluding carboxylic acids is 1. The molecular weight excluding hydrogens is 382 g/mol. The van der Waals surface area contributed by atoms with Crippen molar-refractivity contribution < 1.29 is 13.2 Å². The largest absolute Gasteiger partial charge is 0.299 e. The minimum Gasteiger partial charge on any atom is -0.299 e. The fourth-order valence-corrected chi connectivity index (χ4v) is 5.40. The van der Waals surface area contributed by atoms with Gasteiger partial charge in [-0.3, -0.25) is 9.78 Å². The maximum atomic E-state index is 12.7. The first-order chi connectivity index (χ1) is 13.8. The van der Waals surface area contributed by atoms with Gasteiger partial charge in [0, 0.05) is 24.7 Å². The smallest absolute Gasteiger partial charge is 0.152 e. The first kappa shape index (κ1) is 21.7. The van der Waals surface area contributed by atoms with Crippen molar-refractivity contribution in [3.05, 3.63) is 65.5 Å². The Labute approximate surface area is 174 Å². The van der Waals surface area contributed by atoms with Gasteiger partial charge in [-0.1, -0.05) is 24.3 Å². The van der Waals surface area contributed by atoms with Crippen molar-refractivity contribution in [2.24, 2.45) is 11.8 Å². The molecule has 5 heteroatoms. The minimum atomic E-state index is -3.00. The lowest BCUT2D eigenvalue weighted by molar-refractivity contribution is -0.123. The number of sulfone groups is 1. The SMILES string of the molecule is CC(C)S(=O)(=O)CC1CCC(C(=O)Cc2ccc(Cc3ccncc3)cc2)CC1. The molecule has 0 atom stereocenters. The van der Waals surface area contributed by atoms with Crippen LogP contribution in [0, 0.1) is 11.8 Å². The molecule has 0 spiro atoms. The summed E-state index contributed by atoms with van der Waals surface area (Å²) in [7, 11) is -3.00. The van der Waals surface area contributed by atoms with Crippen LogP contribution in [0.15, 0.2) is 48.8 Å². The molecule has 0 aliphatic heterocycles. The summed E-state index contributed by atoms with van der Waals surface area (Å²) in [4.78, 5) is 16.8. The van der Waals surface area contributed by atoms with Gasteiger partial charge in [-0.05, 0) is 80.7 Å². The number of Topliss-reactive ketones (excluding diaryl/α,β-unsaturated/α-hetero) is 1. The maximum absolute atomic E-state index is 12.7. The van der Waals surface area contributed by atoms with E-state index in [0.717, 1.165) is 37.7 Å². The Kier molecular flexibility index (Phi) is 7.23. The van der Waals surface area contributed by atoms with Crippen LogP contribution in [0.3, 0.4) is 0 Å². The van der Waals surface area contributed by atoms with Gasteiger partial charge in [-0.2, -0.15) is 0 Å². The average Bonchev–Trinajstić information content (AvgIpc) is 2.70. The number of nitrogens with zero attached hydrogens (tertiary/aromatic N) is 1. The second kappa shape index (κ2) is 9.66. The number of aromatic nitrogens is 1. The predicted octanol–water partition coefficient (Wildman–Crippen LogP) is 4.41. The Hall–Kier alpha value is -2.01. The van der Waals surface area contributed by atoms with Gasteiger partial charge in [0.15, 0.2) is 9.84 Å². The quantitative estimate of drug-likeness (QED) is 0.643. The molecule has 1 aliphatic carbocycles. The molecule has 2 aromatic rings. The highest BCUT2D eigenvalue weighted by atomic mass is 32.2. The molecule has 1 fully saturated rings. The third kappa shape index (κ3) is 6.23. The lowest BCUT2D eigenvalue weighted by atomic mass is 9.79. The number of benzene rings is 1. The number of hydrogen-bond acceptors (Lipinski definition) is 4. The standard InChI is InChI=1S/C24H31NO3S/c1-18(2)29(27,28)17-22-7-9-23(10-8-22)24(26)16-20-5-3-19(4-6-20)15-21-11-13-25-14-12-21/h3-6,11-14,18,22-23H,7-10,15-17H2,1-2H3. The van der Waals surface area contributed by atoms with Gasteiger partial charge in [0.1, 0.15) is 5.78 Å². The van der Waals surface area contributed by atoms with Crippen molar-refractivity contribution in [3.8, 4) is 0 Å². The van der Waals surface area contributed by atoms with Gasteiger partial charge in [-0.15, -0.1) is 0 Å². The van der Waals surface area contributed by atoms with Gasteiger partial charge >= 0.3 is 0 Å². The van der Waals surface area contributed by atoms with Gasteiger partial charge in [0.25, 0.3) is 0 Å². The number of rotatable bonds is 8. The molecule has 29 heavy (non-hydrogen) atoms. The Balaban J connectivity index is 1.48. The molecule has 4 nitrogen and oxygen atoms in total. The number of carbonyl (C=O) groups is 1. The fraction of sp³-hybridized carbons (Fsp3) is 0.500. The highest BCUT2D eigenvalue weighted by molar-refractivity contribution is 7.91. The van der Waals surface area contributed by atoms with Gasteiger partial charge in [0.2, 0.25) is 0 Å². The van der Waals surface area contributed by atoms with Crippen LogP contribution >= 0.6 is 0 Å². The zero-order chi connectivity index (χ0) is 20.9. The molecular formula is C24H31NO3S. The number of ketones is 1. The van der Waals surface area contributed by atoms with Gasteiger partial charge < -0.3 is 0 Å². The Morgan fingerprint density at radius 1 is 0.931 bits per heavy atom. The average molecular weight is 414 g/mol. The lowest BCUT2D eigenvalue weighted by Gasteiger charge is -2.28. The molecule has 0 N–H and O–H groups in total. The van der Waals surface area contributed by atoms with E-state index in [-0.39, 0.29) is 28.6 Å². The number of pyridine rings is 1. The summed E-state index contributed by atoms with van der Waals surface area (Å²) in [5, 5.41) is -0.316. The van der Waals surface area contributed by atoms with E-state index in [0.29, 0.717) is 6.42 Å². The van der Waals surface area contributed by atoms with Crippen molar-refractivity contribution in [2.45, 2.75) is 57.6 Å². The second-order valence-electron chi connectivity index (χ2n) is 8.59. The molecule has 0 radical (unpaired) electrons. The predicted molar refractivity (Wildman–Crippen MR) is 117 cm³/mol. The molecule has 0 saturated heterocycles. The van der Waals surface area contributed by atoms with Crippen LogP contribution < -0.4 is 0 Å². The van der Waals surface area contributed by atoms with E-state index in [4.69, 9.17) is 0 Å². The molecule has 1 aromatic carbocycles. The molecule has 1 aromatic heterocycles. The molecule has 3 rings (SSSR count). The van der Waals surface area contributed by atoms with Crippen LogP contribution in [-0.4, -0.2) is 30.2 Å². The van der Waals surface area contributed by atoms with Crippen molar-refractivity contribution in [3.63, 3.8) is 0 Å². The zero-order valence-corrected chi connectivity index (χ0v) is 18.2. The first-order valence-electron chi connectivity index (χ1n) is 10.5. The minimum absolute atomic E-state index is 0.0736. The van der Waals surface area contributed by atoms with Gasteiger partial charge in [-0.25, -0.2) is 8.42 Å². The second-order valence-corrected chi connectivity index (χ2v) is 11.2. The van der Waals surface area contributed by atoms with E-state index >= 15 is 0 Å². The first-order valence-corrected chi connectivity index (χ1v) is 12.3. The highest BCUT2D eigenvalue weighted by Crippen LogP contribution is 2.31. The summed E-state index contributed by atoms with van der Waals surface area (Å²) in [6.45, 7) is 3.49. The van der Waals surface area contributed by atoms with E-state index in [1.54, 1.807) is 26.2 Å². The maximum Gasteiger partial charge on any atom is 0.152 e. The van der Waals surface area contributed by atoms with Crippen LogP contribution in [0.4, 0.5) is 0 Å². The fourth-order valence-electron chi connectivity index (χ4n) is 4.03. The molecule has 0 amide bonds. The third-order valence-corrected chi connectivity index (χ3v) is 8.42. The lowest BCUT2D eigenvalue weighted by Crippen LogP contribution is -2.29. The summed E-state index contributed by atoms with van der Waals surface area (Å²) < 4.78 is 24.3.